The summed E-state index contributed by atoms with van der Waals surface area (Å²) in [6.07, 6.45) is -0.265. The second-order valence-corrected chi connectivity index (χ2v) is 7.53. The number of aryl methyl sites for hydroxylation is 1. The third-order valence-electron chi connectivity index (χ3n) is 5.00. The number of benzene rings is 1. The number of nitrogens with zero attached hydrogens (tertiary/aromatic N) is 1. The minimum atomic E-state index is -1.04. The quantitative estimate of drug-likeness (QED) is 0.513. The highest BCUT2D eigenvalue weighted by molar-refractivity contribution is 5.76. The molecule has 1 aliphatic rings. The van der Waals surface area contributed by atoms with E-state index in [0.717, 1.165) is 12.8 Å². The van der Waals surface area contributed by atoms with E-state index in [1.807, 2.05) is 36.9 Å². The van der Waals surface area contributed by atoms with Crippen LogP contribution in [-0.4, -0.2) is 70.1 Å². The van der Waals surface area contributed by atoms with Gasteiger partial charge in [-0.05, 0) is 30.9 Å². The van der Waals surface area contributed by atoms with E-state index >= 15 is 0 Å². The van der Waals surface area contributed by atoms with Gasteiger partial charge in [-0.3, -0.25) is 9.69 Å². The van der Waals surface area contributed by atoms with Gasteiger partial charge in [0.25, 0.3) is 0 Å². The van der Waals surface area contributed by atoms with Crippen LogP contribution in [0.4, 0.5) is 0 Å². The molecule has 0 saturated carbocycles. The number of amides is 1. The molecule has 1 aliphatic heterocycles. The minimum Gasteiger partial charge on any atom is -0.395 e. The van der Waals surface area contributed by atoms with Gasteiger partial charge >= 0.3 is 0 Å². The van der Waals surface area contributed by atoms with Gasteiger partial charge in [0, 0.05) is 19.0 Å². The normalized spacial score (nSPS) is 26.4. The SMILES string of the molecule is CC(C)CNC(=O)C[C@@H]1[C@H](O)[C@H](O)[C@@H](CO)N1CCCc1ccccc1. The van der Waals surface area contributed by atoms with Crippen LogP contribution in [0, 0.1) is 5.92 Å². The fourth-order valence-electron chi connectivity index (χ4n) is 3.57. The van der Waals surface area contributed by atoms with Gasteiger partial charge in [-0.2, -0.15) is 0 Å². The van der Waals surface area contributed by atoms with Crippen LogP contribution in [-0.2, 0) is 11.2 Å². The molecule has 6 nitrogen and oxygen atoms in total. The molecule has 26 heavy (non-hydrogen) atoms. The van der Waals surface area contributed by atoms with Crippen LogP contribution < -0.4 is 5.32 Å². The number of hydrogen-bond donors (Lipinski definition) is 4. The third kappa shape index (κ3) is 5.51. The van der Waals surface area contributed by atoms with Gasteiger partial charge in [0.2, 0.25) is 5.91 Å². The lowest BCUT2D eigenvalue weighted by Crippen LogP contribution is -2.44. The Hall–Kier alpha value is -1.47. The van der Waals surface area contributed by atoms with Crippen molar-refractivity contribution < 1.29 is 20.1 Å². The summed E-state index contributed by atoms with van der Waals surface area (Å²) in [5.41, 5.74) is 1.22. The Morgan fingerprint density at radius 2 is 1.81 bits per heavy atom. The number of aliphatic hydroxyl groups is 3. The Bertz CT molecular complexity index is 552. The first-order chi connectivity index (χ1) is 12.4. The van der Waals surface area contributed by atoms with Crippen molar-refractivity contribution >= 4 is 5.91 Å². The van der Waals surface area contributed by atoms with Crippen molar-refractivity contribution in [3.63, 3.8) is 0 Å². The molecule has 0 spiro atoms. The highest BCUT2D eigenvalue weighted by Gasteiger charge is 2.47. The number of hydrogen-bond acceptors (Lipinski definition) is 5. The van der Waals surface area contributed by atoms with E-state index < -0.39 is 24.3 Å². The van der Waals surface area contributed by atoms with Crippen molar-refractivity contribution in [3.8, 4) is 0 Å². The summed E-state index contributed by atoms with van der Waals surface area (Å²) in [4.78, 5) is 14.1. The molecule has 2 rings (SSSR count). The third-order valence-corrected chi connectivity index (χ3v) is 5.00. The molecule has 1 fully saturated rings. The number of aliphatic hydroxyl groups excluding tert-OH is 3. The molecule has 1 saturated heterocycles. The molecule has 1 aromatic rings. The molecule has 0 aliphatic carbocycles. The number of carbonyl (C=O) groups excluding carboxylic acids is 1. The van der Waals surface area contributed by atoms with Crippen LogP contribution >= 0.6 is 0 Å². The van der Waals surface area contributed by atoms with Crippen molar-refractivity contribution in [1.82, 2.24) is 10.2 Å². The van der Waals surface area contributed by atoms with Crippen LogP contribution in [0.15, 0.2) is 30.3 Å². The molecule has 0 unspecified atom stereocenters. The standard InChI is InChI=1S/C20H32N2O4/c1-14(2)12-21-18(24)11-16-19(25)20(26)17(13-23)22(16)10-6-9-15-7-4-3-5-8-15/h3-5,7-8,14,16-17,19-20,23,25-26H,6,9-13H2,1-2H3,(H,21,24)/t16-,17-,19+,20-/m1/s1. The van der Waals surface area contributed by atoms with Crippen molar-refractivity contribution in [1.29, 1.82) is 0 Å². The lowest BCUT2D eigenvalue weighted by Gasteiger charge is -2.29. The number of rotatable bonds is 9. The lowest BCUT2D eigenvalue weighted by atomic mass is 10.0. The van der Waals surface area contributed by atoms with Gasteiger partial charge < -0.3 is 20.6 Å². The van der Waals surface area contributed by atoms with Gasteiger partial charge in [0.15, 0.2) is 0 Å². The smallest absolute Gasteiger partial charge is 0.221 e. The highest BCUT2D eigenvalue weighted by atomic mass is 16.3. The zero-order valence-corrected chi connectivity index (χ0v) is 15.7. The summed E-state index contributed by atoms with van der Waals surface area (Å²) in [5, 5.41) is 33.2. The molecule has 1 heterocycles. The predicted molar refractivity (Wildman–Crippen MR) is 101 cm³/mol. The van der Waals surface area contributed by atoms with Crippen LogP contribution in [0.5, 0.6) is 0 Å². The van der Waals surface area contributed by atoms with Crippen molar-refractivity contribution in [2.75, 3.05) is 19.7 Å². The maximum atomic E-state index is 12.2. The largest absolute Gasteiger partial charge is 0.395 e. The Labute approximate surface area is 155 Å². The zero-order valence-electron chi connectivity index (χ0n) is 15.7. The van der Waals surface area contributed by atoms with E-state index in [0.29, 0.717) is 19.0 Å². The molecule has 6 heteroatoms. The van der Waals surface area contributed by atoms with Gasteiger partial charge in [-0.15, -0.1) is 0 Å². The number of likely N-dealkylation sites (tertiary alicyclic amines) is 1. The Morgan fingerprint density at radius 3 is 2.42 bits per heavy atom. The Morgan fingerprint density at radius 1 is 1.15 bits per heavy atom. The first-order valence-electron chi connectivity index (χ1n) is 9.47. The van der Waals surface area contributed by atoms with E-state index in [4.69, 9.17) is 0 Å². The van der Waals surface area contributed by atoms with Crippen molar-refractivity contribution in [3.05, 3.63) is 35.9 Å². The van der Waals surface area contributed by atoms with Gasteiger partial charge in [0.1, 0.15) is 0 Å². The molecule has 146 valence electrons. The maximum absolute atomic E-state index is 12.2. The fourth-order valence-corrected chi connectivity index (χ4v) is 3.57. The molecular weight excluding hydrogens is 332 g/mol. The van der Waals surface area contributed by atoms with Gasteiger partial charge in [-0.25, -0.2) is 0 Å². The molecular formula is C20H32N2O4. The summed E-state index contributed by atoms with van der Waals surface area (Å²) in [6, 6.07) is 9.08. The molecule has 0 bridgehead atoms. The highest BCUT2D eigenvalue weighted by Crippen LogP contribution is 2.28. The summed E-state index contributed by atoms with van der Waals surface area (Å²) < 4.78 is 0. The summed E-state index contributed by atoms with van der Waals surface area (Å²) in [5.74, 6) is 0.215. The average molecular weight is 364 g/mol. The van der Waals surface area contributed by atoms with Gasteiger partial charge in [0.05, 0.1) is 24.9 Å². The van der Waals surface area contributed by atoms with E-state index in [9.17, 15) is 20.1 Å². The van der Waals surface area contributed by atoms with Gasteiger partial charge in [-0.1, -0.05) is 44.2 Å². The van der Waals surface area contributed by atoms with E-state index in [1.165, 1.54) is 5.56 Å². The summed E-state index contributed by atoms with van der Waals surface area (Å²) >= 11 is 0. The van der Waals surface area contributed by atoms with Crippen LogP contribution in [0.2, 0.25) is 0 Å². The average Bonchev–Trinajstić information content (AvgIpc) is 2.85. The number of carbonyl (C=O) groups is 1. The Balaban J connectivity index is 1.97. The molecule has 4 atom stereocenters. The van der Waals surface area contributed by atoms with E-state index in [-0.39, 0.29) is 18.9 Å². The molecule has 1 aromatic carbocycles. The zero-order chi connectivity index (χ0) is 19.1. The van der Waals surface area contributed by atoms with Crippen LogP contribution in [0.1, 0.15) is 32.3 Å². The van der Waals surface area contributed by atoms with Crippen LogP contribution in [0.25, 0.3) is 0 Å². The first-order valence-corrected chi connectivity index (χ1v) is 9.47. The second kappa shape index (κ2) is 10.0. The maximum Gasteiger partial charge on any atom is 0.221 e. The summed E-state index contributed by atoms with van der Waals surface area (Å²) in [6.45, 7) is 4.99. The van der Waals surface area contributed by atoms with Crippen LogP contribution in [0.3, 0.4) is 0 Å². The first kappa shape index (κ1) is 20.8. The molecule has 0 aromatic heterocycles. The number of nitrogens with one attached hydrogen (secondary N) is 1. The van der Waals surface area contributed by atoms with Crippen molar-refractivity contribution in [2.45, 2.75) is 57.4 Å². The Kier molecular flexibility index (Phi) is 8.03. The molecule has 4 N–H and O–H groups in total. The molecule has 0 radical (unpaired) electrons. The fraction of sp³-hybridized carbons (Fsp3) is 0.650. The minimum absolute atomic E-state index is 0.118. The monoisotopic (exact) mass is 364 g/mol. The second-order valence-electron chi connectivity index (χ2n) is 7.53. The predicted octanol–water partition coefficient (Wildman–Crippen LogP) is 0.548. The van der Waals surface area contributed by atoms with Crippen molar-refractivity contribution in [2.24, 2.45) is 5.92 Å². The van der Waals surface area contributed by atoms with E-state index in [2.05, 4.69) is 17.4 Å². The molecule has 1 amide bonds. The van der Waals surface area contributed by atoms with E-state index in [1.54, 1.807) is 0 Å². The topological polar surface area (TPSA) is 93.0 Å². The lowest BCUT2D eigenvalue weighted by molar-refractivity contribution is -0.123. The summed E-state index contributed by atoms with van der Waals surface area (Å²) in [7, 11) is 0.